The average Bonchev–Trinajstić information content (AvgIpc) is 2.38. The van der Waals surface area contributed by atoms with Crippen molar-refractivity contribution in [2.24, 2.45) is 5.92 Å². The Hall–Kier alpha value is -1.59. The summed E-state index contributed by atoms with van der Waals surface area (Å²) < 4.78 is 39.2. The van der Waals surface area contributed by atoms with E-state index in [2.05, 4.69) is 0 Å². The summed E-state index contributed by atoms with van der Waals surface area (Å²) in [6.07, 6.45) is 1.58. The molecule has 0 spiro atoms. The van der Waals surface area contributed by atoms with Gasteiger partial charge in [0.25, 0.3) is 0 Å². The number of aromatic nitrogens is 1. The predicted molar refractivity (Wildman–Crippen MR) is 65.0 cm³/mol. The molecule has 19 heavy (non-hydrogen) atoms. The SMILES string of the molecule is N=C(C1CCCCC1)n1cccc(C(F)(F)F)c1=N. The molecule has 3 nitrogen and oxygen atoms in total. The van der Waals surface area contributed by atoms with Crippen molar-refractivity contribution in [3.63, 3.8) is 0 Å². The smallest absolute Gasteiger partial charge is 0.290 e. The lowest BCUT2D eigenvalue weighted by Crippen LogP contribution is -2.36. The Balaban J connectivity index is 2.35. The molecule has 0 aliphatic heterocycles. The van der Waals surface area contributed by atoms with Gasteiger partial charge >= 0.3 is 6.18 Å². The lowest BCUT2D eigenvalue weighted by Gasteiger charge is -2.24. The highest BCUT2D eigenvalue weighted by Crippen LogP contribution is 2.27. The number of halogens is 3. The number of rotatable bonds is 1. The van der Waals surface area contributed by atoms with Gasteiger partial charge < -0.3 is 0 Å². The lowest BCUT2D eigenvalue weighted by atomic mass is 9.88. The fourth-order valence-electron chi connectivity index (χ4n) is 2.51. The molecule has 0 aromatic carbocycles. The molecule has 1 aromatic rings. The Morgan fingerprint density at radius 2 is 1.84 bits per heavy atom. The van der Waals surface area contributed by atoms with Crippen molar-refractivity contribution in [1.82, 2.24) is 4.57 Å². The molecule has 0 amide bonds. The Labute approximate surface area is 109 Å². The minimum atomic E-state index is -4.55. The second-order valence-corrected chi connectivity index (χ2v) is 4.86. The van der Waals surface area contributed by atoms with Gasteiger partial charge in [-0.15, -0.1) is 0 Å². The number of hydrogen-bond acceptors (Lipinski definition) is 2. The van der Waals surface area contributed by atoms with Crippen LogP contribution in [-0.2, 0) is 6.18 Å². The highest BCUT2D eigenvalue weighted by Gasteiger charge is 2.33. The van der Waals surface area contributed by atoms with E-state index in [1.807, 2.05) is 0 Å². The summed E-state index contributed by atoms with van der Waals surface area (Å²) in [7, 11) is 0. The van der Waals surface area contributed by atoms with E-state index >= 15 is 0 Å². The molecular formula is C13H16F3N3. The van der Waals surface area contributed by atoms with E-state index in [1.54, 1.807) is 0 Å². The van der Waals surface area contributed by atoms with Crippen molar-refractivity contribution < 1.29 is 13.2 Å². The van der Waals surface area contributed by atoms with E-state index in [0.29, 0.717) is 0 Å². The van der Waals surface area contributed by atoms with Crippen LogP contribution in [0.4, 0.5) is 13.2 Å². The Morgan fingerprint density at radius 3 is 2.42 bits per heavy atom. The average molecular weight is 271 g/mol. The third kappa shape index (κ3) is 2.88. The van der Waals surface area contributed by atoms with Crippen LogP contribution >= 0.6 is 0 Å². The highest BCUT2D eigenvalue weighted by molar-refractivity contribution is 5.83. The van der Waals surface area contributed by atoms with Crippen molar-refractivity contribution in [2.45, 2.75) is 38.3 Å². The maximum Gasteiger partial charge on any atom is 0.419 e. The van der Waals surface area contributed by atoms with Gasteiger partial charge in [0.2, 0.25) is 0 Å². The van der Waals surface area contributed by atoms with Gasteiger partial charge in [-0.05, 0) is 25.0 Å². The summed E-state index contributed by atoms with van der Waals surface area (Å²) in [6.45, 7) is 0. The third-order valence-corrected chi connectivity index (χ3v) is 3.55. The molecule has 1 fully saturated rings. The number of nitrogens with one attached hydrogen (secondary N) is 2. The van der Waals surface area contributed by atoms with Crippen LogP contribution < -0.4 is 5.49 Å². The fraction of sp³-hybridized carbons (Fsp3) is 0.538. The largest absolute Gasteiger partial charge is 0.419 e. The van der Waals surface area contributed by atoms with Crippen LogP contribution in [0.15, 0.2) is 18.3 Å². The zero-order chi connectivity index (χ0) is 14.0. The normalized spacial score (nSPS) is 17.4. The van der Waals surface area contributed by atoms with E-state index in [4.69, 9.17) is 10.8 Å². The van der Waals surface area contributed by atoms with Crippen molar-refractivity contribution in [3.05, 3.63) is 29.4 Å². The van der Waals surface area contributed by atoms with E-state index in [9.17, 15) is 13.2 Å². The molecule has 0 bridgehead atoms. The predicted octanol–water partition coefficient (Wildman–Crippen LogP) is 3.39. The van der Waals surface area contributed by atoms with Gasteiger partial charge in [0, 0.05) is 12.1 Å². The van der Waals surface area contributed by atoms with Crippen LogP contribution in [0.25, 0.3) is 0 Å². The first-order valence-electron chi connectivity index (χ1n) is 6.33. The fourth-order valence-corrected chi connectivity index (χ4v) is 2.51. The summed E-state index contributed by atoms with van der Waals surface area (Å²) in [5.74, 6) is 0.0714. The van der Waals surface area contributed by atoms with Crippen LogP contribution in [0.3, 0.4) is 0 Å². The molecule has 1 heterocycles. The van der Waals surface area contributed by atoms with Gasteiger partial charge in [0.05, 0.1) is 5.56 Å². The quantitative estimate of drug-likeness (QED) is 0.581. The summed E-state index contributed by atoms with van der Waals surface area (Å²) in [6, 6.07) is 2.13. The molecule has 1 aromatic heterocycles. The molecule has 1 saturated carbocycles. The summed E-state index contributed by atoms with van der Waals surface area (Å²) in [5.41, 5.74) is -1.64. The van der Waals surface area contributed by atoms with Crippen LogP contribution in [0.5, 0.6) is 0 Å². The van der Waals surface area contributed by atoms with Gasteiger partial charge in [-0.25, -0.2) is 0 Å². The zero-order valence-electron chi connectivity index (χ0n) is 10.4. The molecule has 0 unspecified atom stereocenters. The third-order valence-electron chi connectivity index (χ3n) is 3.55. The lowest BCUT2D eigenvalue weighted by molar-refractivity contribution is -0.139. The monoisotopic (exact) mass is 271 g/mol. The molecule has 1 aliphatic carbocycles. The molecule has 1 aliphatic rings. The van der Waals surface area contributed by atoms with Gasteiger partial charge in [-0.3, -0.25) is 15.4 Å². The first kappa shape index (κ1) is 13.8. The molecule has 2 rings (SSSR count). The first-order chi connectivity index (χ1) is 8.91. The van der Waals surface area contributed by atoms with E-state index in [-0.39, 0.29) is 11.8 Å². The number of nitrogens with zero attached hydrogens (tertiary/aromatic N) is 1. The van der Waals surface area contributed by atoms with Crippen LogP contribution in [0, 0.1) is 16.7 Å². The molecule has 2 N–H and O–H groups in total. The number of hydrogen-bond donors (Lipinski definition) is 2. The van der Waals surface area contributed by atoms with Gasteiger partial charge in [-0.2, -0.15) is 13.2 Å². The molecule has 0 atom stereocenters. The van der Waals surface area contributed by atoms with Gasteiger partial charge in [-0.1, -0.05) is 19.3 Å². The minimum Gasteiger partial charge on any atom is -0.290 e. The maximum absolute atomic E-state index is 12.7. The molecule has 0 saturated heterocycles. The summed E-state index contributed by atoms with van der Waals surface area (Å²) in [5, 5.41) is 15.7. The van der Waals surface area contributed by atoms with E-state index < -0.39 is 17.2 Å². The maximum atomic E-state index is 12.7. The minimum absolute atomic E-state index is 0.0358. The van der Waals surface area contributed by atoms with Crippen LogP contribution in [0.1, 0.15) is 37.7 Å². The van der Waals surface area contributed by atoms with Crippen molar-refractivity contribution in [3.8, 4) is 0 Å². The topological polar surface area (TPSA) is 52.6 Å². The van der Waals surface area contributed by atoms with Crippen molar-refractivity contribution >= 4 is 5.84 Å². The van der Waals surface area contributed by atoms with Gasteiger partial charge in [0.15, 0.2) is 0 Å². The second kappa shape index (κ2) is 5.19. The van der Waals surface area contributed by atoms with Crippen molar-refractivity contribution in [2.75, 3.05) is 0 Å². The number of alkyl halides is 3. The summed E-state index contributed by atoms with van der Waals surface area (Å²) in [4.78, 5) is 0. The van der Waals surface area contributed by atoms with Crippen LogP contribution in [0.2, 0.25) is 0 Å². The van der Waals surface area contributed by atoms with Crippen molar-refractivity contribution in [1.29, 1.82) is 10.8 Å². The zero-order valence-corrected chi connectivity index (χ0v) is 10.4. The standard InChI is InChI=1S/C13H16F3N3/c14-13(15,16)10-7-4-8-19(12(10)18)11(17)9-5-2-1-3-6-9/h4,7-9,17-18H,1-3,5-6H2. The second-order valence-electron chi connectivity index (χ2n) is 4.86. The molecule has 104 valence electrons. The van der Waals surface area contributed by atoms with E-state index in [0.717, 1.165) is 42.7 Å². The van der Waals surface area contributed by atoms with Gasteiger partial charge in [0.1, 0.15) is 11.3 Å². The molecule has 0 radical (unpaired) electrons. The Kier molecular flexibility index (Phi) is 3.78. The summed E-state index contributed by atoms with van der Waals surface area (Å²) >= 11 is 0. The Bertz CT molecular complexity index is 525. The van der Waals surface area contributed by atoms with E-state index in [1.165, 1.54) is 12.3 Å². The highest BCUT2D eigenvalue weighted by atomic mass is 19.4. The molecule has 6 heteroatoms. The molecular weight excluding hydrogens is 255 g/mol. The van der Waals surface area contributed by atoms with Crippen LogP contribution in [-0.4, -0.2) is 10.4 Å². The first-order valence-corrected chi connectivity index (χ1v) is 6.33. The number of pyridine rings is 1. The Morgan fingerprint density at radius 1 is 1.21 bits per heavy atom.